The molecule has 0 aliphatic heterocycles. The van der Waals surface area contributed by atoms with Gasteiger partial charge in [-0.2, -0.15) is 0 Å². The molecule has 3 nitrogen and oxygen atoms in total. The molecule has 3 rings (SSSR count). The summed E-state index contributed by atoms with van der Waals surface area (Å²) in [4.78, 5) is 27.9. The summed E-state index contributed by atoms with van der Waals surface area (Å²) in [7, 11) is 3.98. The van der Waals surface area contributed by atoms with Gasteiger partial charge in [0.2, 0.25) is 0 Å². The minimum absolute atomic E-state index is 0.0259. The number of Topliss-reactive ketones (excluding diaryl/α,β-unsaturated/α-hetero) is 2. The van der Waals surface area contributed by atoms with E-state index in [1.165, 1.54) is 0 Å². The molecule has 1 aromatic carbocycles. The number of rotatable bonds is 2. The first-order valence-electron chi connectivity index (χ1n) is 8.26. The lowest BCUT2D eigenvalue weighted by Gasteiger charge is -2.44. The van der Waals surface area contributed by atoms with Crippen LogP contribution in [0.15, 0.2) is 29.8 Å². The Balaban J connectivity index is 2.00. The van der Waals surface area contributed by atoms with Crippen molar-refractivity contribution in [3.8, 4) is 0 Å². The first kappa shape index (κ1) is 16.0. The first-order valence-corrected chi connectivity index (χ1v) is 8.26. The predicted molar refractivity (Wildman–Crippen MR) is 93.4 cm³/mol. The lowest BCUT2D eigenvalue weighted by atomic mass is 9.57. The number of allylic oxidation sites excluding steroid dienone is 1. The van der Waals surface area contributed by atoms with E-state index < -0.39 is 5.41 Å². The van der Waals surface area contributed by atoms with Crippen LogP contribution in [-0.2, 0) is 9.59 Å². The fourth-order valence-corrected chi connectivity index (χ4v) is 4.13. The van der Waals surface area contributed by atoms with Gasteiger partial charge in [0.15, 0.2) is 11.6 Å². The fraction of sp³-hybridized carbons (Fsp3) is 0.500. The topological polar surface area (TPSA) is 37.4 Å². The van der Waals surface area contributed by atoms with Crippen molar-refractivity contribution in [1.29, 1.82) is 0 Å². The molecular formula is C20H25NO2. The second-order valence-electron chi connectivity index (χ2n) is 7.88. The van der Waals surface area contributed by atoms with Gasteiger partial charge in [-0.1, -0.05) is 32.9 Å². The summed E-state index contributed by atoms with van der Waals surface area (Å²) in [6, 6.07) is 7.94. The molecule has 23 heavy (non-hydrogen) atoms. The van der Waals surface area contributed by atoms with Crippen molar-refractivity contribution in [2.75, 3.05) is 19.0 Å². The monoisotopic (exact) mass is 311 g/mol. The van der Waals surface area contributed by atoms with Gasteiger partial charge in [0, 0.05) is 31.1 Å². The Morgan fingerprint density at radius 1 is 1.09 bits per heavy atom. The summed E-state index contributed by atoms with van der Waals surface area (Å²) < 4.78 is 0. The summed E-state index contributed by atoms with van der Waals surface area (Å²) in [6.07, 6.45) is 3.42. The van der Waals surface area contributed by atoms with Gasteiger partial charge >= 0.3 is 0 Å². The maximum absolute atomic E-state index is 13.0. The molecule has 0 heterocycles. The zero-order valence-corrected chi connectivity index (χ0v) is 14.6. The molecule has 0 spiro atoms. The molecule has 0 amide bonds. The lowest BCUT2D eigenvalue weighted by molar-refractivity contribution is -0.139. The van der Waals surface area contributed by atoms with Crippen molar-refractivity contribution < 1.29 is 9.59 Å². The van der Waals surface area contributed by atoms with Crippen molar-refractivity contribution >= 4 is 23.3 Å². The largest absolute Gasteiger partial charge is 0.378 e. The molecule has 1 aromatic rings. The molecule has 0 aromatic heterocycles. The number of hydrogen-bond donors (Lipinski definition) is 0. The first-order chi connectivity index (χ1) is 10.7. The normalized spacial score (nSPS) is 30.8. The van der Waals surface area contributed by atoms with Crippen LogP contribution in [0.2, 0.25) is 0 Å². The van der Waals surface area contributed by atoms with Gasteiger partial charge in [0.05, 0.1) is 5.57 Å². The van der Waals surface area contributed by atoms with E-state index in [9.17, 15) is 9.59 Å². The summed E-state index contributed by atoms with van der Waals surface area (Å²) in [5.41, 5.74) is 1.75. The Morgan fingerprint density at radius 3 is 2.26 bits per heavy atom. The van der Waals surface area contributed by atoms with Gasteiger partial charge in [-0.05, 0) is 42.0 Å². The number of benzene rings is 1. The number of carbonyl (C=O) groups excluding carboxylic acids is 2. The molecule has 122 valence electrons. The quantitative estimate of drug-likeness (QED) is 0.617. The van der Waals surface area contributed by atoms with E-state index in [0.717, 1.165) is 24.1 Å². The fourth-order valence-electron chi connectivity index (χ4n) is 4.13. The smallest absolute Gasteiger partial charge is 0.172 e. The zero-order valence-electron chi connectivity index (χ0n) is 14.6. The molecule has 2 saturated carbocycles. The SMILES string of the molecule is CN(C)c1ccc(/C=C2\C(=O)[C@@H]3CC[C@@](C)(C2=O)C3(C)C)cc1. The number of hydrogen-bond acceptors (Lipinski definition) is 3. The number of anilines is 1. The van der Waals surface area contributed by atoms with Crippen LogP contribution >= 0.6 is 0 Å². The number of fused-ring (bicyclic) bond motifs is 2. The van der Waals surface area contributed by atoms with Crippen LogP contribution in [0.25, 0.3) is 6.08 Å². The average Bonchev–Trinajstić information content (AvgIpc) is 2.69. The maximum atomic E-state index is 13.0. The highest BCUT2D eigenvalue weighted by Crippen LogP contribution is 2.61. The van der Waals surface area contributed by atoms with Gasteiger partial charge in [-0.25, -0.2) is 0 Å². The Hall–Kier alpha value is -1.90. The molecule has 2 fully saturated rings. The van der Waals surface area contributed by atoms with E-state index in [1.54, 1.807) is 6.08 Å². The van der Waals surface area contributed by atoms with Crippen LogP contribution in [0.5, 0.6) is 0 Å². The number of nitrogens with zero attached hydrogens (tertiary/aromatic N) is 1. The Bertz CT molecular complexity index is 697. The standard InChI is InChI=1S/C20H25NO2/c1-19(2)16-10-11-20(19,3)18(23)15(17(16)22)12-13-6-8-14(9-7-13)21(4)5/h6-9,12,16H,10-11H2,1-5H3/b15-12+/t16-,20-/m0/s1. The summed E-state index contributed by atoms with van der Waals surface area (Å²) in [5, 5.41) is 0. The number of ketones is 2. The Kier molecular flexibility index (Phi) is 3.51. The minimum atomic E-state index is -0.416. The molecular weight excluding hydrogens is 286 g/mol. The summed E-state index contributed by atoms with van der Waals surface area (Å²) >= 11 is 0. The van der Waals surface area contributed by atoms with Crippen molar-refractivity contribution in [3.63, 3.8) is 0 Å². The molecule has 0 saturated heterocycles. The third-order valence-electron chi connectivity index (χ3n) is 6.27. The molecule has 0 unspecified atom stereocenters. The molecule has 0 radical (unpaired) electrons. The second kappa shape index (κ2) is 5.05. The van der Waals surface area contributed by atoms with Crippen molar-refractivity contribution in [3.05, 3.63) is 35.4 Å². The Morgan fingerprint density at radius 2 is 1.70 bits per heavy atom. The highest BCUT2D eigenvalue weighted by atomic mass is 16.2. The van der Waals surface area contributed by atoms with E-state index in [2.05, 4.69) is 13.8 Å². The van der Waals surface area contributed by atoms with Gasteiger partial charge in [0.1, 0.15) is 0 Å². The van der Waals surface area contributed by atoms with Crippen molar-refractivity contribution in [1.82, 2.24) is 0 Å². The maximum Gasteiger partial charge on any atom is 0.172 e. The van der Waals surface area contributed by atoms with Crippen LogP contribution in [0.1, 0.15) is 39.2 Å². The highest BCUT2D eigenvalue weighted by molar-refractivity contribution is 6.28. The van der Waals surface area contributed by atoms with Crippen LogP contribution in [-0.4, -0.2) is 25.7 Å². The molecule has 3 heteroatoms. The molecule has 2 atom stereocenters. The van der Waals surface area contributed by atoms with Crippen molar-refractivity contribution in [2.45, 2.75) is 33.6 Å². The van der Waals surface area contributed by atoms with Gasteiger partial charge < -0.3 is 4.90 Å². The second-order valence-corrected chi connectivity index (χ2v) is 7.88. The predicted octanol–water partition coefficient (Wildman–Crippen LogP) is 3.73. The van der Waals surface area contributed by atoms with Gasteiger partial charge in [-0.3, -0.25) is 9.59 Å². The highest BCUT2D eigenvalue weighted by Gasteiger charge is 2.62. The molecule has 0 N–H and O–H groups in total. The Labute approximate surface area is 138 Å². The molecule has 2 bridgehead atoms. The van der Waals surface area contributed by atoms with Crippen LogP contribution < -0.4 is 4.90 Å². The third kappa shape index (κ3) is 2.17. The summed E-state index contributed by atoms with van der Waals surface area (Å²) in [6.45, 7) is 6.18. The van der Waals surface area contributed by atoms with E-state index in [-0.39, 0.29) is 22.9 Å². The molecule has 2 aliphatic carbocycles. The zero-order chi connectivity index (χ0) is 17.0. The minimum Gasteiger partial charge on any atom is -0.378 e. The van der Waals surface area contributed by atoms with E-state index >= 15 is 0 Å². The van der Waals surface area contributed by atoms with E-state index in [4.69, 9.17) is 0 Å². The molecule has 2 aliphatic rings. The van der Waals surface area contributed by atoms with Gasteiger partial charge in [0.25, 0.3) is 0 Å². The van der Waals surface area contributed by atoms with Gasteiger partial charge in [-0.15, -0.1) is 0 Å². The summed E-state index contributed by atoms with van der Waals surface area (Å²) in [5.74, 6) is 0.0297. The number of carbonyl (C=O) groups is 2. The van der Waals surface area contributed by atoms with E-state index in [0.29, 0.717) is 5.57 Å². The van der Waals surface area contributed by atoms with Crippen molar-refractivity contribution in [2.24, 2.45) is 16.7 Å². The van der Waals surface area contributed by atoms with E-state index in [1.807, 2.05) is 50.2 Å². The van der Waals surface area contributed by atoms with Crippen LogP contribution in [0.4, 0.5) is 5.69 Å². The average molecular weight is 311 g/mol. The van der Waals surface area contributed by atoms with Crippen LogP contribution in [0, 0.1) is 16.7 Å². The third-order valence-corrected chi connectivity index (χ3v) is 6.27. The lowest BCUT2D eigenvalue weighted by Crippen LogP contribution is -2.49. The van der Waals surface area contributed by atoms with Crippen LogP contribution in [0.3, 0.4) is 0 Å².